The molecule has 1 fully saturated rings. The summed E-state index contributed by atoms with van der Waals surface area (Å²) >= 11 is 6.22. The summed E-state index contributed by atoms with van der Waals surface area (Å²) in [6, 6.07) is 4.46. The van der Waals surface area contributed by atoms with Crippen molar-refractivity contribution in [2.45, 2.75) is 38.3 Å². The van der Waals surface area contributed by atoms with E-state index in [1.54, 1.807) is 7.11 Å². The summed E-state index contributed by atoms with van der Waals surface area (Å²) in [5.41, 5.74) is 6.16. The molecule has 2 rings (SSSR count). The Morgan fingerprint density at radius 3 is 2.76 bits per heavy atom. The van der Waals surface area contributed by atoms with Gasteiger partial charge in [-0.25, -0.2) is 0 Å². The van der Waals surface area contributed by atoms with E-state index in [1.165, 1.54) is 25.7 Å². The van der Waals surface area contributed by atoms with Gasteiger partial charge >= 0.3 is 0 Å². The molecule has 0 spiro atoms. The average molecular weight is 314 g/mol. The molecule has 1 aromatic carbocycles. The van der Waals surface area contributed by atoms with Gasteiger partial charge in [0.2, 0.25) is 0 Å². The zero-order valence-corrected chi connectivity index (χ0v) is 13.0. The zero-order valence-electron chi connectivity index (χ0n) is 12.2. The van der Waals surface area contributed by atoms with E-state index in [2.05, 4.69) is 5.32 Å². The summed E-state index contributed by atoms with van der Waals surface area (Å²) in [6.45, 7) is 0.639. The van der Waals surface area contributed by atoms with Crippen molar-refractivity contribution in [3.63, 3.8) is 0 Å². The Morgan fingerprint density at radius 2 is 2.14 bits per heavy atom. The molecule has 21 heavy (non-hydrogen) atoms. The minimum absolute atomic E-state index is 0.219. The van der Waals surface area contributed by atoms with Crippen LogP contribution in [0.4, 0.5) is 0 Å². The van der Waals surface area contributed by atoms with Crippen LogP contribution >= 0.6 is 11.6 Å². The number of rotatable bonds is 7. The molecule has 0 atom stereocenters. The van der Waals surface area contributed by atoms with Gasteiger partial charge in [0.25, 0.3) is 5.91 Å². The van der Waals surface area contributed by atoms with Crippen LogP contribution in [0, 0.1) is 0 Å². The van der Waals surface area contributed by atoms with E-state index in [0.29, 0.717) is 22.6 Å². The zero-order chi connectivity index (χ0) is 15.2. The van der Waals surface area contributed by atoms with Crippen molar-refractivity contribution in [1.82, 2.24) is 0 Å². The summed E-state index contributed by atoms with van der Waals surface area (Å²) in [5, 5.41) is 2.78. The highest BCUT2D eigenvalue weighted by molar-refractivity contribution is 6.32. The smallest absolute Gasteiger partial charge is 0.255 e. The number of nitrogens with two attached hydrogens (primary N) is 2. The van der Waals surface area contributed by atoms with Crippen LogP contribution in [-0.2, 0) is 11.3 Å². The highest BCUT2D eigenvalue weighted by atomic mass is 35.5. The van der Waals surface area contributed by atoms with Gasteiger partial charge in [0, 0.05) is 5.56 Å². The van der Waals surface area contributed by atoms with Crippen molar-refractivity contribution >= 4 is 17.5 Å². The molecule has 0 heterocycles. The molecular formula is C15H22ClN2O3+. The number of hydrogen-bond acceptors (Lipinski definition) is 3. The lowest BCUT2D eigenvalue weighted by atomic mass is 10.1. The number of amides is 1. The van der Waals surface area contributed by atoms with Crippen LogP contribution in [0.15, 0.2) is 12.1 Å². The Bertz CT molecular complexity index is 502. The molecule has 0 bridgehead atoms. The third kappa shape index (κ3) is 4.51. The highest BCUT2D eigenvalue weighted by Crippen LogP contribution is 2.36. The molecule has 0 aromatic heterocycles. The van der Waals surface area contributed by atoms with Crippen molar-refractivity contribution < 1.29 is 19.6 Å². The van der Waals surface area contributed by atoms with Crippen LogP contribution in [0.2, 0.25) is 5.02 Å². The first kappa shape index (κ1) is 15.9. The lowest BCUT2D eigenvalue weighted by molar-refractivity contribution is -0.703. The second kappa shape index (κ2) is 7.52. The molecule has 0 aliphatic heterocycles. The van der Waals surface area contributed by atoms with Crippen molar-refractivity contribution in [2.75, 3.05) is 13.7 Å². The first-order valence-electron chi connectivity index (χ1n) is 7.21. The highest BCUT2D eigenvalue weighted by Gasteiger charge is 2.19. The van der Waals surface area contributed by atoms with Gasteiger partial charge in [0.05, 0.1) is 18.2 Å². The maximum Gasteiger partial charge on any atom is 0.255 e. The number of methoxy groups -OCH3 is 1. The van der Waals surface area contributed by atoms with E-state index >= 15 is 0 Å². The fourth-order valence-corrected chi connectivity index (χ4v) is 2.96. The van der Waals surface area contributed by atoms with Gasteiger partial charge in [-0.15, -0.1) is 0 Å². The molecule has 0 radical (unpaired) electrons. The molecule has 0 unspecified atom stereocenters. The molecule has 1 amide bonds. The maximum atomic E-state index is 10.8. The quantitative estimate of drug-likeness (QED) is 0.794. The molecular weight excluding hydrogens is 292 g/mol. The summed E-state index contributed by atoms with van der Waals surface area (Å²) in [7, 11) is 1.55. The largest absolute Gasteiger partial charge is 0.493 e. The SMILES string of the molecule is COc1cc(C[NH2+]C2CCCC2)cc(Cl)c1OCC(N)=O. The normalized spacial score (nSPS) is 15.1. The van der Waals surface area contributed by atoms with Crippen molar-refractivity contribution in [3.8, 4) is 11.5 Å². The van der Waals surface area contributed by atoms with Gasteiger partial charge in [-0.05, 0) is 37.8 Å². The van der Waals surface area contributed by atoms with Crippen LogP contribution in [0.3, 0.4) is 0 Å². The summed E-state index contributed by atoms with van der Waals surface area (Å²) < 4.78 is 10.6. The Balaban J connectivity index is 2.05. The number of carbonyl (C=O) groups is 1. The number of halogens is 1. The van der Waals surface area contributed by atoms with E-state index in [0.717, 1.165) is 12.1 Å². The summed E-state index contributed by atoms with van der Waals surface area (Å²) in [6.07, 6.45) is 5.21. The minimum atomic E-state index is -0.549. The lowest BCUT2D eigenvalue weighted by Gasteiger charge is -2.14. The summed E-state index contributed by atoms with van der Waals surface area (Å²) in [5.74, 6) is 0.341. The first-order chi connectivity index (χ1) is 10.1. The third-order valence-electron chi connectivity index (χ3n) is 3.73. The lowest BCUT2D eigenvalue weighted by Crippen LogP contribution is -2.87. The Hall–Kier alpha value is -1.46. The van der Waals surface area contributed by atoms with E-state index in [-0.39, 0.29) is 6.61 Å². The fraction of sp³-hybridized carbons (Fsp3) is 0.533. The molecule has 6 heteroatoms. The van der Waals surface area contributed by atoms with Crippen molar-refractivity contribution in [3.05, 3.63) is 22.7 Å². The topological polar surface area (TPSA) is 78.2 Å². The molecule has 5 nitrogen and oxygen atoms in total. The first-order valence-corrected chi connectivity index (χ1v) is 7.58. The molecule has 1 saturated carbocycles. The maximum absolute atomic E-state index is 10.8. The fourth-order valence-electron chi connectivity index (χ4n) is 2.67. The molecule has 1 aliphatic carbocycles. The molecule has 1 aromatic rings. The van der Waals surface area contributed by atoms with Gasteiger partial charge in [-0.1, -0.05) is 11.6 Å². The summed E-state index contributed by atoms with van der Waals surface area (Å²) in [4.78, 5) is 10.8. The van der Waals surface area contributed by atoms with E-state index in [4.69, 9.17) is 26.8 Å². The minimum Gasteiger partial charge on any atom is -0.493 e. The van der Waals surface area contributed by atoms with Gasteiger partial charge in [0.1, 0.15) is 6.54 Å². The van der Waals surface area contributed by atoms with Crippen LogP contribution in [-0.4, -0.2) is 25.7 Å². The number of ether oxygens (including phenoxy) is 2. The molecule has 116 valence electrons. The van der Waals surface area contributed by atoms with E-state index in [9.17, 15) is 4.79 Å². The van der Waals surface area contributed by atoms with E-state index < -0.39 is 5.91 Å². The number of hydrogen-bond donors (Lipinski definition) is 2. The van der Waals surface area contributed by atoms with Gasteiger partial charge in [-0.2, -0.15) is 0 Å². The predicted molar refractivity (Wildman–Crippen MR) is 80.6 cm³/mol. The standard InChI is InChI=1S/C15H21ClN2O3/c1-20-13-7-10(8-18-11-4-2-3-5-11)6-12(16)15(13)21-9-14(17)19/h6-7,11,18H,2-5,8-9H2,1H3,(H2,17,19)/p+1. The van der Waals surface area contributed by atoms with E-state index in [1.807, 2.05) is 12.1 Å². The van der Waals surface area contributed by atoms with Gasteiger partial charge < -0.3 is 20.5 Å². The molecule has 1 aliphatic rings. The predicted octanol–water partition coefficient (Wildman–Crippen LogP) is 1.22. The van der Waals surface area contributed by atoms with Crippen LogP contribution in [0.1, 0.15) is 31.2 Å². The van der Waals surface area contributed by atoms with Crippen molar-refractivity contribution in [2.24, 2.45) is 5.73 Å². The van der Waals surface area contributed by atoms with Crippen LogP contribution in [0.5, 0.6) is 11.5 Å². The molecule has 4 N–H and O–H groups in total. The second-order valence-corrected chi connectivity index (χ2v) is 5.76. The van der Waals surface area contributed by atoms with Gasteiger partial charge in [0.15, 0.2) is 18.1 Å². The molecule has 0 saturated heterocycles. The second-order valence-electron chi connectivity index (χ2n) is 5.35. The average Bonchev–Trinajstić information content (AvgIpc) is 2.96. The Kier molecular flexibility index (Phi) is 5.70. The van der Waals surface area contributed by atoms with Gasteiger partial charge in [-0.3, -0.25) is 4.79 Å². The van der Waals surface area contributed by atoms with Crippen molar-refractivity contribution in [1.29, 1.82) is 0 Å². The third-order valence-corrected chi connectivity index (χ3v) is 4.02. The monoisotopic (exact) mass is 313 g/mol. The Labute approximate surface area is 129 Å². The van der Waals surface area contributed by atoms with Crippen LogP contribution in [0.25, 0.3) is 0 Å². The number of carbonyl (C=O) groups excluding carboxylic acids is 1. The number of benzene rings is 1. The number of primary amides is 1. The van der Waals surface area contributed by atoms with Crippen LogP contribution < -0.4 is 20.5 Å². The number of quaternary nitrogens is 1. The Morgan fingerprint density at radius 1 is 1.43 bits per heavy atom.